The van der Waals surface area contributed by atoms with Crippen LogP contribution in [0.25, 0.3) is 22.0 Å². The lowest BCUT2D eigenvalue weighted by Gasteiger charge is -2.32. The van der Waals surface area contributed by atoms with E-state index >= 15 is 0 Å². The largest absolute Gasteiger partial charge is 0.343 e. The van der Waals surface area contributed by atoms with Gasteiger partial charge in [-0.3, -0.25) is 9.78 Å². The number of amides is 1. The second kappa shape index (κ2) is 8.14. The molecular weight excluding hydrogens is 344 g/mol. The zero-order valence-corrected chi connectivity index (χ0v) is 16.8. The Hall–Kier alpha value is -2.68. The summed E-state index contributed by atoms with van der Waals surface area (Å²) in [6.45, 7) is 5.95. The molecule has 2 heterocycles. The van der Waals surface area contributed by atoms with Crippen molar-refractivity contribution in [2.45, 2.75) is 39.5 Å². The minimum Gasteiger partial charge on any atom is -0.343 e. The van der Waals surface area contributed by atoms with Crippen LogP contribution in [0.4, 0.5) is 0 Å². The maximum atomic E-state index is 11.8. The first-order valence-corrected chi connectivity index (χ1v) is 10.4. The molecule has 4 rings (SSSR count). The summed E-state index contributed by atoms with van der Waals surface area (Å²) in [7, 11) is 0. The molecule has 3 aromatic rings. The fourth-order valence-electron chi connectivity index (χ4n) is 4.33. The number of aryl methyl sites for hydroxylation is 1. The number of carbonyl (C=O) groups is 1. The van der Waals surface area contributed by atoms with Crippen molar-refractivity contribution >= 4 is 16.8 Å². The number of pyridine rings is 1. The second-order valence-electron chi connectivity index (χ2n) is 7.89. The molecular formula is C25H28N2O. The number of carbonyl (C=O) groups excluding carboxylic acids is 1. The number of likely N-dealkylation sites (tertiary alicyclic amines) is 1. The van der Waals surface area contributed by atoms with E-state index in [1.807, 2.05) is 24.1 Å². The maximum Gasteiger partial charge on any atom is 0.222 e. The van der Waals surface area contributed by atoms with Crippen LogP contribution < -0.4 is 0 Å². The molecule has 1 saturated heterocycles. The second-order valence-corrected chi connectivity index (χ2v) is 7.89. The van der Waals surface area contributed by atoms with Crippen molar-refractivity contribution in [1.29, 1.82) is 0 Å². The molecule has 0 bridgehead atoms. The van der Waals surface area contributed by atoms with E-state index in [1.165, 1.54) is 27.6 Å². The molecule has 1 fully saturated rings. The molecule has 1 aliphatic rings. The predicted molar refractivity (Wildman–Crippen MR) is 115 cm³/mol. The highest BCUT2D eigenvalue weighted by Crippen LogP contribution is 2.29. The molecule has 0 aliphatic carbocycles. The molecule has 1 amide bonds. The smallest absolute Gasteiger partial charge is 0.222 e. The number of piperidine rings is 1. The minimum absolute atomic E-state index is 0.294. The summed E-state index contributed by atoms with van der Waals surface area (Å²) in [5, 5.41) is 1.22. The molecule has 3 heteroatoms. The zero-order valence-electron chi connectivity index (χ0n) is 16.8. The van der Waals surface area contributed by atoms with E-state index in [4.69, 9.17) is 0 Å². The van der Waals surface area contributed by atoms with Crippen LogP contribution in [0.3, 0.4) is 0 Å². The van der Waals surface area contributed by atoms with Crippen molar-refractivity contribution in [1.82, 2.24) is 9.88 Å². The molecule has 0 atom stereocenters. The molecule has 1 aromatic heterocycles. The SMILES string of the molecule is CCC(=O)N1CCC(Cc2ccc(-c3cnc4ccccc4c3C)cc2)CC1. The summed E-state index contributed by atoms with van der Waals surface area (Å²) in [6, 6.07) is 17.3. The first kappa shape index (κ1) is 18.7. The molecule has 144 valence electrons. The van der Waals surface area contributed by atoms with Crippen LogP contribution in [0.2, 0.25) is 0 Å². The summed E-state index contributed by atoms with van der Waals surface area (Å²) in [4.78, 5) is 18.5. The molecule has 1 aliphatic heterocycles. The zero-order chi connectivity index (χ0) is 19.5. The van der Waals surface area contributed by atoms with E-state index in [2.05, 4.69) is 54.4 Å². The van der Waals surface area contributed by atoms with E-state index < -0.39 is 0 Å². The van der Waals surface area contributed by atoms with E-state index in [9.17, 15) is 4.79 Å². The lowest BCUT2D eigenvalue weighted by atomic mass is 9.89. The van der Waals surface area contributed by atoms with Crippen LogP contribution in [0.5, 0.6) is 0 Å². The average molecular weight is 373 g/mol. The van der Waals surface area contributed by atoms with Crippen LogP contribution in [-0.4, -0.2) is 28.9 Å². The molecule has 0 unspecified atom stereocenters. The van der Waals surface area contributed by atoms with Crippen LogP contribution >= 0.6 is 0 Å². The van der Waals surface area contributed by atoms with Gasteiger partial charge in [-0.2, -0.15) is 0 Å². The van der Waals surface area contributed by atoms with Crippen molar-refractivity contribution in [3.8, 4) is 11.1 Å². The van der Waals surface area contributed by atoms with Crippen LogP contribution in [0.1, 0.15) is 37.3 Å². The quantitative estimate of drug-likeness (QED) is 0.614. The van der Waals surface area contributed by atoms with E-state index in [0.29, 0.717) is 18.2 Å². The third-order valence-corrected chi connectivity index (χ3v) is 6.10. The van der Waals surface area contributed by atoms with Crippen LogP contribution in [0.15, 0.2) is 54.7 Å². The summed E-state index contributed by atoms with van der Waals surface area (Å²) >= 11 is 0. The number of aromatic nitrogens is 1. The van der Waals surface area contributed by atoms with Crippen molar-refractivity contribution in [2.24, 2.45) is 5.92 Å². The van der Waals surface area contributed by atoms with Gasteiger partial charge in [0.25, 0.3) is 0 Å². The Morgan fingerprint density at radius 3 is 2.50 bits per heavy atom. The van der Waals surface area contributed by atoms with Crippen molar-refractivity contribution in [3.05, 3.63) is 65.9 Å². The van der Waals surface area contributed by atoms with Crippen LogP contribution in [-0.2, 0) is 11.2 Å². The number of hydrogen-bond acceptors (Lipinski definition) is 2. The fraction of sp³-hybridized carbons (Fsp3) is 0.360. The predicted octanol–water partition coefficient (Wildman–Crippen LogP) is 5.40. The molecule has 0 N–H and O–H groups in total. The van der Waals surface area contributed by atoms with E-state index in [1.54, 1.807) is 0 Å². The summed E-state index contributed by atoms with van der Waals surface area (Å²) in [6.07, 6.45) is 5.94. The van der Waals surface area contributed by atoms with Gasteiger partial charge < -0.3 is 4.90 Å². The fourth-order valence-corrected chi connectivity index (χ4v) is 4.33. The summed E-state index contributed by atoms with van der Waals surface area (Å²) in [5.41, 5.74) is 6.15. The van der Waals surface area contributed by atoms with Gasteiger partial charge >= 0.3 is 0 Å². The Morgan fingerprint density at radius 1 is 1.07 bits per heavy atom. The van der Waals surface area contributed by atoms with Gasteiger partial charge in [-0.15, -0.1) is 0 Å². The molecule has 0 radical (unpaired) electrons. The summed E-state index contributed by atoms with van der Waals surface area (Å²) in [5.74, 6) is 0.970. The van der Waals surface area contributed by atoms with Gasteiger partial charge in [-0.25, -0.2) is 0 Å². The Balaban J connectivity index is 1.45. The van der Waals surface area contributed by atoms with Crippen LogP contribution in [0, 0.1) is 12.8 Å². The number of fused-ring (bicyclic) bond motifs is 1. The Morgan fingerprint density at radius 2 is 1.79 bits per heavy atom. The number of rotatable bonds is 4. The van der Waals surface area contributed by atoms with Gasteiger partial charge in [0.1, 0.15) is 0 Å². The topological polar surface area (TPSA) is 33.2 Å². The Bertz CT molecular complexity index is 970. The Labute approximate surface area is 167 Å². The Kier molecular flexibility index (Phi) is 5.43. The summed E-state index contributed by atoms with van der Waals surface area (Å²) < 4.78 is 0. The molecule has 0 spiro atoms. The normalized spacial score (nSPS) is 15.1. The number of hydrogen-bond donors (Lipinski definition) is 0. The lowest BCUT2D eigenvalue weighted by molar-refractivity contribution is -0.132. The van der Waals surface area contributed by atoms with Gasteiger partial charge in [0, 0.05) is 36.7 Å². The van der Waals surface area contributed by atoms with Gasteiger partial charge in [0.05, 0.1) is 5.52 Å². The van der Waals surface area contributed by atoms with Crippen molar-refractivity contribution < 1.29 is 4.79 Å². The highest BCUT2D eigenvalue weighted by atomic mass is 16.2. The lowest BCUT2D eigenvalue weighted by Crippen LogP contribution is -2.38. The third-order valence-electron chi connectivity index (χ3n) is 6.10. The molecule has 28 heavy (non-hydrogen) atoms. The van der Waals surface area contributed by atoms with Gasteiger partial charge in [-0.1, -0.05) is 49.4 Å². The van der Waals surface area contributed by atoms with Crippen molar-refractivity contribution in [2.75, 3.05) is 13.1 Å². The monoisotopic (exact) mass is 372 g/mol. The highest BCUT2D eigenvalue weighted by molar-refractivity contribution is 5.88. The first-order valence-electron chi connectivity index (χ1n) is 10.4. The van der Waals surface area contributed by atoms with Gasteiger partial charge in [0.15, 0.2) is 0 Å². The van der Waals surface area contributed by atoms with Crippen molar-refractivity contribution in [3.63, 3.8) is 0 Å². The molecule has 3 nitrogen and oxygen atoms in total. The third kappa shape index (κ3) is 3.80. The average Bonchev–Trinajstić information content (AvgIpc) is 2.75. The maximum absolute atomic E-state index is 11.8. The first-order chi connectivity index (χ1) is 13.7. The number of para-hydroxylation sites is 1. The molecule has 0 saturated carbocycles. The molecule has 2 aromatic carbocycles. The number of nitrogens with zero attached hydrogens (tertiary/aromatic N) is 2. The number of benzene rings is 2. The van der Waals surface area contributed by atoms with Gasteiger partial charge in [0.2, 0.25) is 5.91 Å². The highest BCUT2D eigenvalue weighted by Gasteiger charge is 2.21. The van der Waals surface area contributed by atoms with Gasteiger partial charge in [-0.05, 0) is 54.9 Å². The minimum atomic E-state index is 0.294. The van der Waals surface area contributed by atoms with E-state index in [-0.39, 0.29) is 0 Å². The standard InChI is InChI=1S/C25H28N2O/c1-3-25(28)27-14-12-20(13-15-27)16-19-8-10-21(11-9-19)23-17-26-24-7-5-4-6-22(24)18(23)2/h4-11,17,20H,3,12-16H2,1-2H3. The van der Waals surface area contributed by atoms with E-state index in [0.717, 1.165) is 37.9 Å².